The van der Waals surface area contributed by atoms with E-state index in [9.17, 15) is 9.59 Å². The number of ether oxygens (including phenoxy) is 1. The fraction of sp³-hybridized carbons (Fsp3) is 0.429. The molecule has 3 heterocycles. The Labute approximate surface area is 255 Å². The number of rotatable bonds is 7. The van der Waals surface area contributed by atoms with Gasteiger partial charge in [-0.15, -0.1) is 0 Å². The number of aryl methyl sites for hydroxylation is 1. The molecule has 0 saturated carbocycles. The molecule has 2 N–H and O–H groups in total. The van der Waals surface area contributed by atoms with Gasteiger partial charge in [-0.05, 0) is 111 Å². The highest BCUT2D eigenvalue weighted by atomic mass is 16.5. The summed E-state index contributed by atoms with van der Waals surface area (Å²) in [6, 6.07) is 22.7. The van der Waals surface area contributed by atoms with E-state index in [-0.39, 0.29) is 18.5 Å². The number of likely N-dealkylation sites (tertiary alicyclic amines) is 1. The van der Waals surface area contributed by atoms with E-state index in [2.05, 4.69) is 47.1 Å². The van der Waals surface area contributed by atoms with Crippen LogP contribution in [0.25, 0.3) is 0 Å². The number of imide groups is 1. The lowest BCUT2D eigenvalue weighted by molar-refractivity contribution is -0.129. The van der Waals surface area contributed by atoms with Crippen LogP contribution in [0.1, 0.15) is 54.7 Å². The Bertz CT molecular complexity index is 1420. The fourth-order valence-corrected chi connectivity index (χ4v) is 6.98. The highest BCUT2D eigenvalue weighted by Crippen LogP contribution is 2.33. The van der Waals surface area contributed by atoms with Crippen molar-refractivity contribution < 1.29 is 14.3 Å². The first kappa shape index (κ1) is 29.1. The van der Waals surface area contributed by atoms with Gasteiger partial charge >= 0.3 is 6.03 Å². The Hall–Kier alpha value is -4.04. The number of nitrogens with two attached hydrogens (primary N) is 1. The molecule has 0 atom stereocenters. The summed E-state index contributed by atoms with van der Waals surface area (Å²) in [5.74, 6) is 1.25. The molecular formula is C35H43N5O3. The SMILES string of the molecule is COc1ccc(CN2C(=O)CCN(c3ccc(N4CCC(N5CCC(c6ccc(N)cc6)CC5)CC4)cc3C)C2=O)cc1. The Morgan fingerprint density at radius 3 is 2.19 bits per heavy atom. The number of methoxy groups -OCH3 is 1. The van der Waals surface area contributed by atoms with E-state index in [1.807, 2.05) is 36.4 Å². The summed E-state index contributed by atoms with van der Waals surface area (Å²) in [5.41, 5.74) is 12.2. The minimum Gasteiger partial charge on any atom is -0.497 e. The van der Waals surface area contributed by atoms with Gasteiger partial charge in [-0.25, -0.2) is 4.79 Å². The van der Waals surface area contributed by atoms with Crippen LogP contribution >= 0.6 is 0 Å². The van der Waals surface area contributed by atoms with Crippen LogP contribution < -0.4 is 20.3 Å². The molecule has 3 aliphatic rings. The number of carbonyl (C=O) groups excluding carboxylic acids is 2. The number of urea groups is 1. The number of nitrogen functional groups attached to an aromatic ring is 1. The number of benzene rings is 3. The zero-order valence-corrected chi connectivity index (χ0v) is 25.4. The van der Waals surface area contributed by atoms with Crippen LogP contribution in [0.2, 0.25) is 0 Å². The third-order valence-electron chi connectivity index (χ3n) is 9.57. The van der Waals surface area contributed by atoms with Gasteiger partial charge in [-0.1, -0.05) is 24.3 Å². The third kappa shape index (κ3) is 6.34. The fourth-order valence-electron chi connectivity index (χ4n) is 6.98. The molecule has 3 amide bonds. The van der Waals surface area contributed by atoms with Gasteiger partial charge in [0.15, 0.2) is 0 Å². The van der Waals surface area contributed by atoms with Gasteiger partial charge in [0.2, 0.25) is 5.91 Å². The van der Waals surface area contributed by atoms with Gasteiger partial charge in [0, 0.05) is 49.2 Å². The maximum Gasteiger partial charge on any atom is 0.331 e. The van der Waals surface area contributed by atoms with Crippen LogP contribution in [0.15, 0.2) is 66.7 Å². The van der Waals surface area contributed by atoms with Crippen molar-refractivity contribution in [2.24, 2.45) is 0 Å². The van der Waals surface area contributed by atoms with Crippen molar-refractivity contribution in [3.8, 4) is 5.75 Å². The smallest absolute Gasteiger partial charge is 0.331 e. The van der Waals surface area contributed by atoms with Gasteiger partial charge in [0.05, 0.1) is 13.7 Å². The molecule has 8 heteroatoms. The normalized spacial score (nSPS) is 19.3. The lowest BCUT2D eigenvalue weighted by atomic mass is 9.88. The van der Waals surface area contributed by atoms with Crippen LogP contribution in [-0.4, -0.2) is 67.6 Å². The molecule has 0 bridgehead atoms. The predicted octanol–water partition coefficient (Wildman–Crippen LogP) is 5.79. The highest BCUT2D eigenvalue weighted by molar-refractivity contribution is 6.06. The number of hydrogen-bond donors (Lipinski definition) is 1. The zero-order valence-electron chi connectivity index (χ0n) is 25.4. The first-order chi connectivity index (χ1) is 20.9. The molecule has 3 fully saturated rings. The third-order valence-corrected chi connectivity index (χ3v) is 9.57. The molecule has 8 nitrogen and oxygen atoms in total. The van der Waals surface area contributed by atoms with E-state index in [1.165, 1.54) is 41.8 Å². The summed E-state index contributed by atoms with van der Waals surface area (Å²) in [7, 11) is 1.62. The molecule has 3 aromatic carbocycles. The average Bonchev–Trinajstić information content (AvgIpc) is 3.04. The van der Waals surface area contributed by atoms with Gasteiger partial charge in [-0.3, -0.25) is 14.6 Å². The van der Waals surface area contributed by atoms with Crippen molar-refractivity contribution in [3.63, 3.8) is 0 Å². The molecule has 3 saturated heterocycles. The monoisotopic (exact) mass is 581 g/mol. The second kappa shape index (κ2) is 12.7. The zero-order chi connectivity index (χ0) is 29.9. The molecule has 0 radical (unpaired) electrons. The van der Waals surface area contributed by atoms with Gasteiger partial charge < -0.3 is 20.3 Å². The average molecular weight is 582 g/mol. The molecule has 226 valence electrons. The Balaban J connectivity index is 1.04. The van der Waals surface area contributed by atoms with Gasteiger partial charge in [0.1, 0.15) is 5.75 Å². The molecule has 0 aromatic heterocycles. The predicted molar refractivity (Wildman–Crippen MR) is 172 cm³/mol. The second-order valence-electron chi connectivity index (χ2n) is 12.2. The molecule has 3 aromatic rings. The molecule has 6 rings (SSSR count). The molecule has 0 aliphatic carbocycles. The maximum absolute atomic E-state index is 13.5. The minimum absolute atomic E-state index is 0.135. The minimum atomic E-state index is -0.260. The van der Waals surface area contributed by atoms with Gasteiger partial charge in [-0.2, -0.15) is 0 Å². The van der Waals surface area contributed by atoms with Crippen LogP contribution in [0.3, 0.4) is 0 Å². The topological polar surface area (TPSA) is 82.3 Å². The second-order valence-corrected chi connectivity index (χ2v) is 12.2. The summed E-state index contributed by atoms with van der Waals surface area (Å²) in [6.07, 6.45) is 5.07. The largest absolute Gasteiger partial charge is 0.497 e. The molecule has 0 spiro atoms. The van der Waals surface area contributed by atoms with Crippen molar-refractivity contribution in [1.29, 1.82) is 0 Å². The summed E-state index contributed by atoms with van der Waals surface area (Å²) >= 11 is 0. The number of hydrogen-bond acceptors (Lipinski definition) is 6. The van der Waals surface area contributed by atoms with E-state index >= 15 is 0 Å². The van der Waals surface area contributed by atoms with Gasteiger partial charge in [0.25, 0.3) is 0 Å². The van der Waals surface area contributed by atoms with Crippen molar-refractivity contribution in [2.45, 2.75) is 57.5 Å². The van der Waals surface area contributed by atoms with Crippen molar-refractivity contribution in [3.05, 3.63) is 83.4 Å². The quantitative estimate of drug-likeness (QED) is 0.356. The number of carbonyl (C=O) groups is 2. The highest BCUT2D eigenvalue weighted by Gasteiger charge is 2.34. The van der Waals surface area contributed by atoms with Crippen molar-refractivity contribution in [2.75, 3.05) is 55.4 Å². The first-order valence-corrected chi connectivity index (χ1v) is 15.6. The Morgan fingerprint density at radius 2 is 1.53 bits per heavy atom. The lowest BCUT2D eigenvalue weighted by Crippen LogP contribution is -2.52. The van der Waals surface area contributed by atoms with Crippen LogP contribution in [0.5, 0.6) is 5.75 Å². The Kier molecular flexibility index (Phi) is 8.56. The van der Waals surface area contributed by atoms with Crippen molar-refractivity contribution >= 4 is 29.0 Å². The summed E-state index contributed by atoms with van der Waals surface area (Å²) in [6.45, 7) is 7.11. The lowest BCUT2D eigenvalue weighted by Gasteiger charge is -2.42. The maximum atomic E-state index is 13.5. The van der Waals surface area contributed by atoms with E-state index in [0.717, 1.165) is 54.4 Å². The Morgan fingerprint density at radius 1 is 0.837 bits per heavy atom. The summed E-state index contributed by atoms with van der Waals surface area (Å²) < 4.78 is 5.23. The number of anilines is 3. The van der Waals surface area contributed by atoms with Crippen LogP contribution in [0.4, 0.5) is 21.9 Å². The summed E-state index contributed by atoms with van der Waals surface area (Å²) in [4.78, 5) is 34.5. The molecule has 0 unspecified atom stereocenters. The number of amides is 3. The van der Waals surface area contributed by atoms with E-state index in [0.29, 0.717) is 24.9 Å². The first-order valence-electron chi connectivity index (χ1n) is 15.6. The standard InChI is InChI=1S/C35H43N5O3/c1-25-23-31(38-20-15-30(16-21-38)37-18-13-28(14-19-37)27-5-7-29(36)8-6-27)9-12-33(25)39-22-17-34(41)40(35(39)42)24-26-3-10-32(43-2)11-4-26/h3-12,23,28,30H,13-22,24,36H2,1-2H3. The summed E-state index contributed by atoms with van der Waals surface area (Å²) in [5, 5.41) is 0. The van der Waals surface area contributed by atoms with E-state index in [4.69, 9.17) is 10.5 Å². The van der Waals surface area contributed by atoms with E-state index in [1.54, 1.807) is 12.0 Å². The number of piperidine rings is 2. The molecule has 3 aliphatic heterocycles. The van der Waals surface area contributed by atoms with Crippen molar-refractivity contribution in [1.82, 2.24) is 9.80 Å². The number of nitrogens with zero attached hydrogens (tertiary/aromatic N) is 4. The molecule has 43 heavy (non-hydrogen) atoms. The van der Waals surface area contributed by atoms with Crippen LogP contribution in [0, 0.1) is 6.92 Å². The van der Waals surface area contributed by atoms with Crippen LogP contribution in [-0.2, 0) is 11.3 Å². The molecular weight excluding hydrogens is 538 g/mol. The van der Waals surface area contributed by atoms with E-state index < -0.39 is 0 Å².